The van der Waals surface area contributed by atoms with E-state index in [1.807, 2.05) is 12.1 Å². The van der Waals surface area contributed by atoms with E-state index in [0.717, 1.165) is 10.0 Å². The molecular formula is C28H20Cl2. The average molecular weight is 427 g/mol. The van der Waals surface area contributed by atoms with Crippen molar-refractivity contribution >= 4 is 23.2 Å². The summed E-state index contributed by atoms with van der Waals surface area (Å²) in [4.78, 5) is 0. The van der Waals surface area contributed by atoms with Crippen molar-refractivity contribution in [3.05, 3.63) is 128 Å². The third-order valence-corrected chi connectivity index (χ3v) is 7.54. The molecule has 2 heteroatoms. The Morgan fingerprint density at radius 1 is 0.500 bits per heavy atom. The Labute approximate surface area is 187 Å². The van der Waals surface area contributed by atoms with Gasteiger partial charge in [0.05, 0.1) is 5.41 Å². The van der Waals surface area contributed by atoms with Crippen molar-refractivity contribution in [2.75, 3.05) is 0 Å². The van der Waals surface area contributed by atoms with Gasteiger partial charge in [-0.2, -0.15) is 0 Å². The van der Waals surface area contributed by atoms with Crippen LogP contribution >= 0.6 is 23.2 Å². The Balaban J connectivity index is 1.87. The minimum Gasteiger partial charge on any atom is -0.0843 e. The SMILES string of the molecule is CC1(C)c2ccccc2C2(c3ccc(Cl)cc3-c3cc(Cl)ccc32)c2ccccc21. The topological polar surface area (TPSA) is 0 Å². The Morgan fingerprint density at radius 3 is 1.33 bits per heavy atom. The smallest absolute Gasteiger partial charge is 0.0719 e. The number of fused-ring (bicyclic) bond motifs is 9. The van der Waals surface area contributed by atoms with E-state index in [4.69, 9.17) is 23.2 Å². The molecule has 2 aliphatic rings. The highest BCUT2D eigenvalue weighted by Gasteiger charge is 2.53. The Kier molecular flexibility index (Phi) is 3.65. The van der Waals surface area contributed by atoms with Crippen LogP contribution < -0.4 is 0 Å². The van der Waals surface area contributed by atoms with Crippen molar-refractivity contribution in [1.82, 2.24) is 0 Å². The van der Waals surface area contributed by atoms with Crippen LogP contribution in [0, 0.1) is 0 Å². The molecule has 0 unspecified atom stereocenters. The van der Waals surface area contributed by atoms with E-state index in [1.54, 1.807) is 0 Å². The minimum absolute atomic E-state index is 0.0831. The van der Waals surface area contributed by atoms with E-state index in [1.165, 1.54) is 44.5 Å². The summed E-state index contributed by atoms with van der Waals surface area (Å²) in [6, 6.07) is 30.4. The van der Waals surface area contributed by atoms with Crippen LogP contribution in [-0.2, 0) is 10.8 Å². The van der Waals surface area contributed by atoms with E-state index < -0.39 is 0 Å². The van der Waals surface area contributed by atoms with Crippen molar-refractivity contribution in [1.29, 1.82) is 0 Å². The third kappa shape index (κ3) is 2.09. The molecule has 0 saturated carbocycles. The molecule has 0 amide bonds. The zero-order chi connectivity index (χ0) is 20.7. The number of hydrogen-bond donors (Lipinski definition) is 0. The summed E-state index contributed by atoms with van der Waals surface area (Å²) in [5.41, 5.74) is 9.87. The minimum atomic E-state index is -0.372. The highest BCUT2D eigenvalue weighted by Crippen LogP contribution is 2.62. The van der Waals surface area contributed by atoms with Gasteiger partial charge in [-0.15, -0.1) is 0 Å². The van der Waals surface area contributed by atoms with E-state index in [9.17, 15) is 0 Å². The lowest BCUT2D eigenvalue weighted by atomic mass is 9.55. The molecule has 0 N–H and O–H groups in total. The van der Waals surface area contributed by atoms with Crippen molar-refractivity contribution in [3.8, 4) is 11.1 Å². The maximum absolute atomic E-state index is 6.47. The number of benzene rings is 4. The van der Waals surface area contributed by atoms with Crippen LogP contribution in [0.15, 0.2) is 84.9 Å². The van der Waals surface area contributed by atoms with Crippen LogP contribution in [0.2, 0.25) is 10.0 Å². The summed E-state index contributed by atoms with van der Waals surface area (Å²) in [6.07, 6.45) is 0. The van der Waals surface area contributed by atoms with Crippen LogP contribution in [0.5, 0.6) is 0 Å². The van der Waals surface area contributed by atoms with Gasteiger partial charge in [-0.05, 0) is 68.8 Å². The second kappa shape index (κ2) is 6.00. The fourth-order valence-corrected chi connectivity index (χ4v) is 6.20. The molecule has 0 radical (unpaired) electrons. The molecule has 30 heavy (non-hydrogen) atoms. The van der Waals surface area contributed by atoms with E-state index in [0.29, 0.717) is 0 Å². The van der Waals surface area contributed by atoms with Gasteiger partial charge < -0.3 is 0 Å². The summed E-state index contributed by atoms with van der Waals surface area (Å²) >= 11 is 12.9. The molecule has 1 spiro atoms. The molecular weight excluding hydrogens is 407 g/mol. The van der Waals surface area contributed by atoms with Crippen molar-refractivity contribution < 1.29 is 0 Å². The quantitative estimate of drug-likeness (QED) is 0.235. The molecule has 0 aliphatic heterocycles. The van der Waals surface area contributed by atoms with Crippen molar-refractivity contribution in [2.24, 2.45) is 0 Å². The predicted octanol–water partition coefficient (Wildman–Crippen LogP) is 8.00. The first-order chi connectivity index (χ1) is 14.5. The molecule has 2 aliphatic carbocycles. The van der Waals surface area contributed by atoms with Crippen molar-refractivity contribution in [3.63, 3.8) is 0 Å². The molecule has 0 fully saturated rings. The lowest BCUT2D eigenvalue weighted by molar-refractivity contribution is 0.563. The summed E-state index contributed by atoms with van der Waals surface area (Å²) in [5, 5.41) is 1.49. The molecule has 0 saturated heterocycles. The fraction of sp³-hybridized carbons (Fsp3) is 0.143. The van der Waals surface area contributed by atoms with Crippen LogP contribution in [0.1, 0.15) is 47.2 Å². The Morgan fingerprint density at radius 2 is 0.900 bits per heavy atom. The molecule has 4 aromatic rings. The lowest BCUT2D eigenvalue weighted by Gasteiger charge is -2.46. The van der Waals surface area contributed by atoms with Gasteiger partial charge in [0, 0.05) is 15.5 Å². The van der Waals surface area contributed by atoms with Crippen molar-refractivity contribution in [2.45, 2.75) is 24.7 Å². The predicted molar refractivity (Wildman–Crippen MR) is 126 cm³/mol. The highest BCUT2D eigenvalue weighted by atomic mass is 35.5. The summed E-state index contributed by atoms with van der Waals surface area (Å²) in [7, 11) is 0. The first-order valence-electron chi connectivity index (χ1n) is 10.3. The van der Waals surface area contributed by atoms with Gasteiger partial charge in [-0.25, -0.2) is 0 Å². The van der Waals surface area contributed by atoms with Gasteiger partial charge in [0.1, 0.15) is 0 Å². The molecule has 0 atom stereocenters. The Bertz CT molecular complexity index is 1240. The largest absolute Gasteiger partial charge is 0.0843 e. The monoisotopic (exact) mass is 426 g/mol. The molecule has 6 rings (SSSR count). The molecule has 0 heterocycles. The van der Waals surface area contributed by atoms with Gasteiger partial charge in [-0.3, -0.25) is 0 Å². The highest BCUT2D eigenvalue weighted by molar-refractivity contribution is 6.31. The van der Waals surface area contributed by atoms with Crippen LogP contribution in [0.4, 0.5) is 0 Å². The van der Waals surface area contributed by atoms with Gasteiger partial charge in [0.15, 0.2) is 0 Å². The van der Waals surface area contributed by atoms with E-state index in [-0.39, 0.29) is 10.8 Å². The second-order valence-electron chi connectivity index (χ2n) is 8.85. The maximum Gasteiger partial charge on any atom is 0.0719 e. The van der Waals surface area contributed by atoms with Crippen LogP contribution in [0.25, 0.3) is 11.1 Å². The first kappa shape index (κ1) is 18.2. The number of halogens is 2. The molecule has 0 bridgehead atoms. The molecule has 0 nitrogen and oxygen atoms in total. The summed E-state index contributed by atoms with van der Waals surface area (Å²) < 4.78 is 0. The Hall–Kier alpha value is -2.54. The zero-order valence-corrected chi connectivity index (χ0v) is 18.4. The molecule has 4 aromatic carbocycles. The summed E-state index contributed by atoms with van der Waals surface area (Å²) in [6.45, 7) is 4.66. The number of hydrogen-bond acceptors (Lipinski definition) is 0. The molecule has 0 aromatic heterocycles. The summed E-state index contributed by atoms with van der Waals surface area (Å²) in [5.74, 6) is 0. The van der Waals surface area contributed by atoms with Gasteiger partial charge in [0.2, 0.25) is 0 Å². The van der Waals surface area contributed by atoms with Gasteiger partial charge in [0.25, 0.3) is 0 Å². The van der Waals surface area contributed by atoms with Gasteiger partial charge in [-0.1, -0.05) is 97.7 Å². The first-order valence-corrected chi connectivity index (χ1v) is 11.0. The van der Waals surface area contributed by atoms with E-state index in [2.05, 4.69) is 86.6 Å². The standard InChI is InChI=1S/C28H20Cl2/c1-27(2)23-7-3-5-9-25(23)28(26-10-6-4-8-24(26)27)21-13-11-17(29)15-19(21)20-16-18(30)12-14-22(20)28/h3-16H,1-2H3. The lowest BCUT2D eigenvalue weighted by Crippen LogP contribution is -2.40. The molecule has 146 valence electrons. The average Bonchev–Trinajstić information content (AvgIpc) is 3.02. The third-order valence-electron chi connectivity index (χ3n) is 7.07. The second-order valence-corrected chi connectivity index (χ2v) is 9.72. The van der Waals surface area contributed by atoms with Gasteiger partial charge >= 0.3 is 0 Å². The van der Waals surface area contributed by atoms with Crippen LogP contribution in [0.3, 0.4) is 0 Å². The normalized spacial score (nSPS) is 16.5. The zero-order valence-electron chi connectivity index (χ0n) is 16.8. The number of rotatable bonds is 0. The van der Waals surface area contributed by atoms with Crippen LogP contribution in [-0.4, -0.2) is 0 Å². The van der Waals surface area contributed by atoms with E-state index >= 15 is 0 Å². The maximum atomic E-state index is 6.47. The fourth-order valence-electron chi connectivity index (χ4n) is 5.86.